The number of Topliss-reactive ketones (excluding diaryl/α,β-unsaturated/α-hetero) is 1. The van der Waals surface area contributed by atoms with Gasteiger partial charge >= 0.3 is 0 Å². The fraction of sp³-hybridized carbons (Fsp3) is 0.917. The molecule has 0 aliphatic carbocycles. The van der Waals surface area contributed by atoms with Crippen LogP contribution in [0.15, 0.2) is 0 Å². The molecule has 15 heavy (non-hydrogen) atoms. The van der Waals surface area contributed by atoms with Crippen molar-refractivity contribution in [2.45, 2.75) is 52.6 Å². The zero-order valence-electron chi connectivity index (χ0n) is 10.3. The zero-order valence-corrected chi connectivity index (χ0v) is 10.3. The first-order valence-electron chi connectivity index (χ1n) is 5.93. The fourth-order valence-electron chi connectivity index (χ4n) is 1.49. The first-order chi connectivity index (χ1) is 7.10. The van der Waals surface area contributed by atoms with Crippen molar-refractivity contribution < 1.29 is 9.53 Å². The van der Waals surface area contributed by atoms with Crippen LogP contribution in [0.4, 0.5) is 0 Å². The third kappa shape index (κ3) is 8.58. The third-order valence-electron chi connectivity index (χ3n) is 2.56. The van der Waals surface area contributed by atoms with Gasteiger partial charge in [0, 0.05) is 6.42 Å². The van der Waals surface area contributed by atoms with Crippen LogP contribution in [0.1, 0.15) is 46.5 Å². The molecular weight excluding hydrogens is 190 g/mol. The molecule has 1 unspecified atom stereocenters. The summed E-state index contributed by atoms with van der Waals surface area (Å²) in [7, 11) is 0. The second kappa shape index (κ2) is 8.86. The molecule has 1 atom stereocenters. The molecule has 3 nitrogen and oxygen atoms in total. The van der Waals surface area contributed by atoms with Gasteiger partial charge in [-0.15, -0.1) is 0 Å². The molecule has 0 aromatic rings. The van der Waals surface area contributed by atoms with Crippen LogP contribution < -0.4 is 5.73 Å². The van der Waals surface area contributed by atoms with Gasteiger partial charge in [0.05, 0.1) is 6.10 Å². The number of carbonyl (C=O) groups excluding carboxylic acids is 1. The normalized spacial score (nSPS) is 13.1. The molecule has 0 aromatic carbocycles. The van der Waals surface area contributed by atoms with E-state index in [0.29, 0.717) is 12.3 Å². The summed E-state index contributed by atoms with van der Waals surface area (Å²) < 4.78 is 5.26. The van der Waals surface area contributed by atoms with Crippen LogP contribution in [0, 0.1) is 5.92 Å². The first kappa shape index (κ1) is 14.6. The Morgan fingerprint density at radius 1 is 1.33 bits per heavy atom. The van der Waals surface area contributed by atoms with Gasteiger partial charge in [0.1, 0.15) is 6.61 Å². The smallest absolute Gasteiger partial charge is 0.158 e. The molecule has 90 valence electrons. The minimum atomic E-state index is 0.139. The van der Waals surface area contributed by atoms with Crippen LogP contribution in [0.25, 0.3) is 0 Å². The summed E-state index contributed by atoms with van der Waals surface area (Å²) >= 11 is 0. The maximum Gasteiger partial charge on any atom is 0.158 e. The molecule has 0 radical (unpaired) electrons. The second-order valence-corrected chi connectivity index (χ2v) is 4.29. The van der Waals surface area contributed by atoms with E-state index in [1.165, 1.54) is 0 Å². The summed E-state index contributed by atoms with van der Waals surface area (Å²) in [4.78, 5) is 11.4. The van der Waals surface area contributed by atoms with Crippen LogP contribution in [-0.4, -0.2) is 25.0 Å². The highest BCUT2D eigenvalue weighted by molar-refractivity contribution is 5.79. The summed E-state index contributed by atoms with van der Waals surface area (Å²) in [6.45, 7) is 7.01. The van der Waals surface area contributed by atoms with Crippen LogP contribution >= 0.6 is 0 Å². The van der Waals surface area contributed by atoms with Crippen LogP contribution in [0.5, 0.6) is 0 Å². The molecule has 2 N–H and O–H groups in total. The molecule has 0 heterocycles. The maximum absolute atomic E-state index is 11.4. The largest absolute Gasteiger partial charge is 0.371 e. The molecule has 0 saturated heterocycles. The van der Waals surface area contributed by atoms with Crippen molar-refractivity contribution in [2.24, 2.45) is 11.7 Å². The standard InChI is InChI=1S/C12H25NO2/c1-4-11(7-8-13)5-6-12(14)9-15-10(2)3/h10-11H,4-9,13H2,1-3H3. The van der Waals surface area contributed by atoms with E-state index in [1.807, 2.05) is 13.8 Å². The lowest BCUT2D eigenvalue weighted by Crippen LogP contribution is -2.15. The lowest BCUT2D eigenvalue weighted by molar-refractivity contribution is -0.125. The van der Waals surface area contributed by atoms with Crippen molar-refractivity contribution in [3.05, 3.63) is 0 Å². The summed E-state index contributed by atoms with van der Waals surface area (Å²) in [5.41, 5.74) is 5.50. The minimum Gasteiger partial charge on any atom is -0.371 e. The van der Waals surface area contributed by atoms with E-state index in [4.69, 9.17) is 10.5 Å². The number of nitrogens with two attached hydrogens (primary N) is 1. The number of ether oxygens (including phenoxy) is 1. The SMILES string of the molecule is CCC(CCN)CCC(=O)COC(C)C. The van der Waals surface area contributed by atoms with Crippen LogP contribution in [-0.2, 0) is 9.53 Å². The molecule has 0 aliphatic rings. The van der Waals surface area contributed by atoms with Crippen LogP contribution in [0.3, 0.4) is 0 Å². The third-order valence-corrected chi connectivity index (χ3v) is 2.56. The number of carbonyl (C=O) groups is 1. The lowest BCUT2D eigenvalue weighted by atomic mass is 9.95. The monoisotopic (exact) mass is 215 g/mol. The van der Waals surface area contributed by atoms with Gasteiger partial charge < -0.3 is 10.5 Å². The molecule has 0 spiro atoms. The van der Waals surface area contributed by atoms with Gasteiger partial charge in [-0.2, -0.15) is 0 Å². The van der Waals surface area contributed by atoms with Gasteiger partial charge in [-0.1, -0.05) is 13.3 Å². The highest BCUT2D eigenvalue weighted by Crippen LogP contribution is 2.14. The van der Waals surface area contributed by atoms with Crippen molar-refractivity contribution in [3.8, 4) is 0 Å². The summed E-state index contributed by atoms with van der Waals surface area (Å²) in [5, 5.41) is 0. The quantitative estimate of drug-likeness (QED) is 0.641. The van der Waals surface area contributed by atoms with Gasteiger partial charge in [-0.05, 0) is 39.2 Å². The molecule has 0 rings (SSSR count). The second-order valence-electron chi connectivity index (χ2n) is 4.29. The Labute approximate surface area is 93.4 Å². The Morgan fingerprint density at radius 3 is 2.47 bits per heavy atom. The molecule has 0 bridgehead atoms. The highest BCUT2D eigenvalue weighted by Gasteiger charge is 2.09. The number of hydrogen-bond donors (Lipinski definition) is 1. The lowest BCUT2D eigenvalue weighted by Gasteiger charge is -2.13. The van der Waals surface area contributed by atoms with Crippen molar-refractivity contribution in [3.63, 3.8) is 0 Å². The van der Waals surface area contributed by atoms with E-state index in [0.717, 1.165) is 25.8 Å². The minimum absolute atomic E-state index is 0.139. The summed E-state index contributed by atoms with van der Waals surface area (Å²) in [5.74, 6) is 0.803. The molecule has 0 saturated carbocycles. The Morgan fingerprint density at radius 2 is 2.00 bits per heavy atom. The van der Waals surface area contributed by atoms with Crippen molar-refractivity contribution in [1.29, 1.82) is 0 Å². The molecule has 0 fully saturated rings. The Bertz CT molecular complexity index is 169. The average Bonchev–Trinajstić information content (AvgIpc) is 2.21. The Kier molecular flexibility index (Phi) is 8.62. The topological polar surface area (TPSA) is 52.3 Å². The predicted molar refractivity (Wildman–Crippen MR) is 62.8 cm³/mol. The van der Waals surface area contributed by atoms with Gasteiger partial charge in [-0.25, -0.2) is 0 Å². The van der Waals surface area contributed by atoms with Crippen molar-refractivity contribution in [2.75, 3.05) is 13.2 Å². The van der Waals surface area contributed by atoms with E-state index < -0.39 is 0 Å². The van der Waals surface area contributed by atoms with Crippen molar-refractivity contribution >= 4 is 5.78 Å². The van der Waals surface area contributed by atoms with Gasteiger partial charge in [-0.3, -0.25) is 4.79 Å². The molecular formula is C12H25NO2. The van der Waals surface area contributed by atoms with E-state index in [2.05, 4.69) is 6.92 Å². The number of ketones is 1. The summed E-state index contributed by atoms with van der Waals surface area (Å²) in [6.07, 6.45) is 3.85. The maximum atomic E-state index is 11.4. The molecule has 0 aromatic heterocycles. The van der Waals surface area contributed by atoms with Crippen LogP contribution in [0.2, 0.25) is 0 Å². The van der Waals surface area contributed by atoms with Gasteiger partial charge in [0.2, 0.25) is 0 Å². The fourth-order valence-corrected chi connectivity index (χ4v) is 1.49. The van der Waals surface area contributed by atoms with Gasteiger partial charge in [0.15, 0.2) is 5.78 Å². The van der Waals surface area contributed by atoms with E-state index in [-0.39, 0.29) is 18.5 Å². The number of hydrogen-bond acceptors (Lipinski definition) is 3. The highest BCUT2D eigenvalue weighted by atomic mass is 16.5. The number of rotatable bonds is 9. The zero-order chi connectivity index (χ0) is 11.7. The molecule has 0 amide bonds. The molecule has 3 heteroatoms. The van der Waals surface area contributed by atoms with E-state index >= 15 is 0 Å². The van der Waals surface area contributed by atoms with E-state index in [9.17, 15) is 4.79 Å². The Hall–Kier alpha value is -0.410. The first-order valence-corrected chi connectivity index (χ1v) is 5.93. The van der Waals surface area contributed by atoms with Crippen molar-refractivity contribution in [1.82, 2.24) is 0 Å². The Balaban J connectivity index is 3.59. The predicted octanol–water partition coefficient (Wildman–Crippen LogP) is 2.14. The van der Waals surface area contributed by atoms with Gasteiger partial charge in [0.25, 0.3) is 0 Å². The average molecular weight is 215 g/mol. The molecule has 0 aliphatic heterocycles. The van der Waals surface area contributed by atoms with E-state index in [1.54, 1.807) is 0 Å². The summed E-state index contributed by atoms with van der Waals surface area (Å²) in [6, 6.07) is 0.